The summed E-state index contributed by atoms with van der Waals surface area (Å²) in [7, 11) is 0. The van der Waals surface area contributed by atoms with Gasteiger partial charge in [0.25, 0.3) is 0 Å². The molecular weight excluding hydrogens is 255 g/mol. The highest BCUT2D eigenvalue weighted by molar-refractivity contribution is 6.31. The summed E-state index contributed by atoms with van der Waals surface area (Å²) < 4.78 is 1.80. The van der Waals surface area contributed by atoms with E-state index in [1.54, 1.807) is 4.68 Å². The summed E-state index contributed by atoms with van der Waals surface area (Å²) in [4.78, 5) is 0. The zero-order chi connectivity index (χ0) is 12.4. The molecule has 0 bridgehead atoms. The van der Waals surface area contributed by atoms with E-state index in [0.29, 0.717) is 11.7 Å². The van der Waals surface area contributed by atoms with Gasteiger partial charge in [-0.25, -0.2) is 4.68 Å². The molecule has 90 valence electrons. The van der Waals surface area contributed by atoms with Gasteiger partial charge in [0.1, 0.15) is 5.15 Å². The quantitative estimate of drug-likeness (QED) is 0.819. The van der Waals surface area contributed by atoms with Crippen molar-refractivity contribution < 1.29 is 0 Å². The average Bonchev–Trinajstić information content (AvgIpc) is 2.57. The first-order chi connectivity index (χ1) is 8.13. The first-order valence-electron chi connectivity index (χ1n) is 5.58. The van der Waals surface area contributed by atoms with E-state index >= 15 is 0 Å². The SMILES string of the molecule is CCc1c(C)nn(Cc2ccccc2Cl)c1Cl. The van der Waals surface area contributed by atoms with Crippen molar-refractivity contribution >= 4 is 23.2 Å². The van der Waals surface area contributed by atoms with Crippen molar-refractivity contribution in [1.29, 1.82) is 0 Å². The standard InChI is InChI=1S/C13H14Cl2N2/c1-3-11-9(2)16-17(13(11)15)8-10-6-4-5-7-12(10)14/h4-7H,3,8H2,1-2H3. The summed E-state index contributed by atoms with van der Waals surface area (Å²) in [5, 5.41) is 5.90. The summed E-state index contributed by atoms with van der Waals surface area (Å²) in [5.74, 6) is 0. The Bertz CT molecular complexity index is 532. The lowest BCUT2D eigenvalue weighted by Crippen LogP contribution is -2.02. The molecule has 0 saturated carbocycles. The van der Waals surface area contributed by atoms with Crippen molar-refractivity contribution in [3.05, 3.63) is 51.3 Å². The number of nitrogens with zero attached hydrogens (tertiary/aromatic N) is 2. The predicted molar refractivity (Wildman–Crippen MR) is 71.9 cm³/mol. The molecule has 1 heterocycles. The van der Waals surface area contributed by atoms with E-state index in [0.717, 1.165) is 28.3 Å². The number of aromatic nitrogens is 2. The van der Waals surface area contributed by atoms with Gasteiger partial charge in [-0.15, -0.1) is 0 Å². The average molecular weight is 269 g/mol. The van der Waals surface area contributed by atoms with E-state index in [-0.39, 0.29) is 0 Å². The van der Waals surface area contributed by atoms with Crippen LogP contribution in [0.15, 0.2) is 24.3 Å². The van der Waals surface area contributed by atoms with Crippen LogP contribution >= 0.6 is 23.2 Å². The second-order valence-corrected chi connectivity index (χ2v) is 4.72. The lowest BCUT2D eigenvalue weighted by molar-refractivity contribution is 0.680. The van der Waals surface area contributed by atoms with Gasteiger partial charge >= 0.3 is 0 Å². The summed E-state index contributed by atoms with van der Waals surface area (Å²) in [6.07, 6.45) is 0.896. The van der Waals surface area contributed by atoms with E-state index in [1.807, 2.05) is 31.2 Å². The number of aryl methyl sites for hydroxylation is 1. The fraction of sp³-hybridized carbons (Fsp3) is 0.308. The third kappa shape index (κ3) is 2.48. The fourth-order valence-corrected chi connectivity index (χ4v) is 2.45. The maximum atomic E-state index is 6.29. The Morgan fingerprint density at radius 1 is 1.24 bits per heavy atom. The number of benzene rings is 1. The van der Waals surface area contributed by atoms with Crippen LogP contribution in [-0.4, -0.2) is 9.78 Å². The van der Waals surface area contributed by atoms with Crippen LogP contribution in [0.5, 0.6) is 0 Å². The molecule has 2 aromatic rings. The second-order valence-electron chi connectivity index (χ2n) is 3.96. The molecule has 0 aliphatic heterocycles. The van der Waals surface area contributed by atoms with E-state index in [9.17, 15) is 0 Å². The van der Waals surface area contributed by atoms with Crippen LogP contribution in [0.1, 0.15) is 23.7 Å². The first kappa shape index (κ1) is 12.5. The smallest absolute Gasteiger partial charge is 0.130 e. The van der Waals surface area contributed by atoms with Gasteiger partial charge in [0, 0.05) is 10.6 Å². The Balaban J connectivity index is 2.34. The van der Waals surface area contributed by atoms with Gasteiger partial charge < -0.3 is 0 Å². The minimum Gasteiger partial charge on any atom is -0.249 e. The monoisotopic (exact) mass is 268 g/mol. The van der Waals surface area contributed by atoms with E-state index < -0.39 is 0 Å². The molecule has 0 aliphatic rings. The largest absolute Gasteiger partial charge is 0.249 e. The minimum atomic E-state index is 0.610. The molecule has 17 heavy (non-hydrogen) atoms. The molecule has 0 radical (unpaired) electrons. The van der Waals surface area contributed by atoms with Gasteiger partial charge in [-0.2, -0.15) is 5.10 Å². The highest BCUT2D eigenvalue weighted by atomic mass is 35.5. The number of hydrogen-bond acceptors (Lipinski definition) is 1. The molecule has 1 aromatic carbocycles. The van der Waals surface area contributed by atoms with Gasteiger partial charge in [-0.3, -0.25) is 0 Å². The number of halogens is 2. The van der Waals surface area contributed by atoms with Crippen LogP contribution in [0.4, 0.5) is 0 Å². The fourth-order valence-electron chi connectivity index (χ4n) is 1.88. The van der Waals surface area contributed by atoms with E-state index in [2.05, 4.69) is 12.0 Å². The minimum absolute atomic E-state index is 0.610. The predicted octanol–water partition coefficient (Wildman–Crippen LogP) is 4.11. The van der Waals surface area contributed by atoms with Gasteiger partial charge in [-0.05, 0) is 25.0 Å². The molecule has 2 nitrogen and oxygen atoms in total. The maximum Gasteiger partial charge on any atom is 0.130 e. The van der Waals surface area contributed by atoms with Crippen LogP contribution in [0.3, 0.4) is 0 Å². The Kier molecular flexibility index (Phi) is 3.75. The molecule has 0 atom stereocenters. The van der Waals surface area contributed by atoms with Crippen LogP contribution in [0.25, 0.3) is 0 Å². The second kappa shape index (κ2) is 5.11. The van der Waals surface area contributed by atoms with Crippen LogP contribution < -0.4 is 0 Å². The van der Waals surface area contributed by atoms with Gasteiger partial charge in [0.15, 0.2) is 0 Å². The molecule has 0 saturated heterocycles. The zero-order valence-electron chi connectivity index (χ0n) is 9.87. The lowest BCUT2D eigenvalue weighted by atomic mass is 10.2. The molecule has 0 fully saturated rings. The lowest BCUT2D eigenvalue weighted by Gasteiger charge is -2.05. The summed E-state index contributed by atoms with van der Waals surface area (Å²) in [5.41, 5.74) is 3.13. The van der Waals surface area contributed by atoms with Crippen molar-refractivity contribution in [3.8, 4) is 0 Å². The van der Waals surface area contributed by atoms with Crippen molar-refractivity contribution in [3.63, 3.8) is 0 Å². The van der Waals surface area contributed by atoms with Crippen LogP contribution in [0.2, 0.25) is 10.2 Å². The molecule has 2 rings (SSSR count). The molecule has 0 N–H and O–H groups in total. The summed E-state index contributed by atoms with van der Waals surface area (Å²) >= 11 is 12.4. The molecule has 0 spiro atoms. The van der Waals surface area contributed by atoms with Gasteiger partial charge in [-0.1, -0.05) is 48.3 Å². The van der Waals surface area contributed by atoms with E-state index in [4.69, 9.17) is 23.2 Å². The summed E-state index contributed by atoms with van der Waals surface area (Å²) in [6, 6.07) is 7.74. The Hall–Kier alpha value is -0.990. The number of hydrogen-bond donors (Lipinski definition) is 0. The van der Waals surface area contributed by atoms with Gasteiger partial charge in [0.2, 0.25) is 0 Å². The van der Waals surface area contributed by atoms with Crippen LogP contribution in [-0.2, 0) is 13.0 Å². The van der Waals surface area contributed by atoms with Crippen molar-refractivity contribution in [2.24, 2.45) is 0 Å². The molecule has 0 amide bonds. The van der Waals surface area contributed by atoms with Crippen molar-refractivity contribution in [1.82, 2.24) is 9.78 Å². The van der Waals surface area contributed by atoms with Crippen molar-refractivity contribution in [2.75, 3.05) is 0 Å². The van der Waals surface area contributed by atoms with E-state index in [1.165, 1.54) is 0 Å². The summed E-state index contributed by atoms with van der Waals surface area (Å²) in [6.45, 7) is 4.67. The number of rotatable bonds is 3. The Labute approximate surface area is 111 Å². The van der Waals surface area contributed by atoms with Gasteiger partial charge in [0.05, 0.1) is 12.2 Å². The Morgan fingerprint density at radius 3 is 2.53 bits per heavy atom. The molecule has 0 unspecified atom stereocenters. The topological polar surface area (TPSA) is 17.8 Å². The molecular formula is C13H14Cl2N2. The maximum absolute atomic E-state index is 6.29. The molecule has 1 aromatic heterocycles. The molecule has 4 heteroatoms. The van der Waals surface area contributed by atoms with Crippen LogP contribution in [0, 0.1) is 6.92 Å². The Morgan fingerprint density at radius 2 is 1.94 bits per heavy atom. The first-order valence-corrected chi connectivity index (χ1v) is 6.34. The highest BCUT2D eigenvalue weighted by Gasteiger charge is 2.12. The van der Waals surface area contributed by atoms with Crippen molar-refractivity contribution in [2.45, 2.75) is 26.8 Å². The highest BCUT2D eigenvalue weighted by Crippen LogP contribution is 2.23. The third-order valence-electron chi connectivity index (χ3n) is 2.81. The third-order valence-corrected chi connectivity index (χ3v) is 3.61. The normalized spacial score (nSPS) is 10.8. The zero-order valence-corrected chi connectivity index (χ0v) is 11.4. The molecule has 0 aliphatic carbocycles.